The Bertz CT molecular complexity index is 361. The lowest BCUT2D eigenvalue weighted by molar-refractivity contribution is -0.134. The van der Waals surface area contributed by atoms with Gasteiger partial charge in [-0.25, -0.2) is 4.79 Å². The smallest absolute Gasteiger partial charge is 0.325 e. The zero-order valence-electron chi connectivity index (χ0n) is 9.91. The first-order chi connectivity index (χ1) is 8.09. The Morgan fingerprint density at radius 2 is 2.06 bits per heavy atom. The van der Waals surface area contributed by atoms with Crippen LogP contribution in [0.2, 0.25) is 0 Å². The number of likely N-dealkylation sites (N-methyl/N-ethyl adjacent to an activating group) is 1. The molecule has 1 heterocycles. The first-order valence-electron chi connectivity index (χ1n) is 6.00. The molecule has 6 heteroatoms. The number of amides is 4. The maximum atomic E-state index is 12.1. The van der Waals surface area contributed by atoms with Gasteiger partial charge in [0.25, 0.3) is 5.91 Å². The number of nitrogens with one attached hydrogen (secondary N) is 2. The van der Waals surface area contributed by atoms with Crippen LogP contribution < -0.4 is 10.6 Å². The van der Waals surface area contributed by atoms with Gasteiger partial charge in [0.1, 0.15) is 12.1 Å². The molecule has 0 atom stereocenters. The maximum absolute atomic E-state index is 12.1. The molecular formula is C11H17N3O3. The molecule has 0 aromatic rings. The predicted molar refractivity (Wildman–Crippen MR) is 60.1 cm³/mol. The van der Waals surface area contributed by atoms with Crippen molar-refractivity contribution in [3.05, 3.63) is 0 Å². The van der Waals surface area contributed by atoms with Gasteiger partial charge in [-0.3, -0.25) is 14.5 Å². The van der Waals surface area contributed by atoms with E-state index >= 15 is 0 Å². The molecule has 0 aromatic carbocycles. The SMILES string of the molecule is CCNC(=O)CN1C(=O)NC2(CCCC2)C1=O. The summed E-state index contributed by atoms with van der Waals surface area (Å²) in [6.45, 7) is 2.11. The average Bonchev–Trinajstić information content (AvgIpc) is 2.82. The van der Waals surface area contributed by atoms with Crippen molar-refractivity contribution in [1.29, 1.82) is 0 Å². The summed E-state index contributed by atoms with van der Waals surface area (Å²) >= 11 is 0. The molecule has 0 unspecified atom stereocenters. The highest BCUT2D eigenvalue weighted by molar-refractivity contribution is 6.09. The van der Waals surface area contributed by atoms with Crippen molar-refractivity contribution in [2.24, 2.45) is 0 Å². The van der Waals surface area contributed by atoms with E-state index in [4.69, 9.17) is 0 Å². The van der Waals surface area contributed by atoms with Crippen molar-refractivity contribution in [2.75, 3.05) is 13.1 Å². The van der Waals surface area contributed by atoms with Crippen LogP contribution in [0.1, 0.15) is 32.6 Å². The van der Waals surface area contributed by atoms with Crippen LogP contribution in [0.3, 0.4) is 0 Å². The summed E-state index contributed by atoms with van der Waals surface area (Å²) < 4.78 is 0. The van der Waals surface area contributed by atoms with Crippen molar-refractivity contribution in [3.63, 3.8) is 0 Å². The number of carbonyl (C=O) groups excluding carboxylic acids is 3. The molecule has 1 saturated heterocycles. The third-order valence-corrected chi connectivity index (χ3v) is 3.38. The van der Waals surface area contributed by atoms with E-state index in [9.17, 15) is 14.4 Å². The zero-order chi connectivity index (χ0) is 12.5. The molecule has 2 aliphatic rings. The number of urea groups is 1. The van der Waals surface area contributed by atoms with Gasteiger partial charge < -0.3 is 10.6 Å². The Balaban J connectivity index is 2.06. The molecule has 6 nitrogen and oxygen atoms in total. The van der Waals surface area contributed by atoms with Crippen LogP contribution >= 0.6 is 0 Å². The van der Waals surface area contributed by atoms with Crippen LogP contribution in [0, 0.1) is 0 Å². The molecule has 1 aliphatic carbocycles. The molecule has 1 spiro atoms. The van der Waals surface area contributed by atoms with Gasteiger partial charge in [0.2, 0.25) is 5.91 Å². The quantitative estimate of drug-likeness (QED) is 0.680. The largest absolute Gasteiger partial charge is 0.355 e. The van der Waals surface area contributed by atoms with E-state index in [2.05, 4.69) is 10.6 Å². The molecule has 0 aromatic heterocycles. The lowest BCUT2D eigenvalue weighted by Crippen LogP contribution is -2.45. The minimum Gasteiger partial charge on any atom is -0.355 e. The molecule has 0 bridgehead atoms. The standard InChI is InChI=1S/C11H17N3O3/c1-2-12-8(15)7-14-9(16)11(13-10(14)17)5-3-4-6-11/h2-7H2,1H3,(H,12,15)(H,13,17). The summed E-state index contributed by atoms with van der Waals surface area (Å²) in [6.07, 6.45) is 3.26. The van der Waals surface area contributed by atoms with Gasteiger partial charge in [-0.1, -0.05) is 12.8 Å². The Kier molecular flexibility index (Phi) is 3.04. The van der Waals surface area contributed by atoms with Gasteiger partial charge in [-0.05, 0) is 19.8 Å². The summed E-state index contributed by atoms with van der Waals surface area (Å²) in [4.78, 5) is 36.3. The normalized spacial score (nSPS) is 22.1. The van der Waals surface area contributed by atoms with E-state index in [1.807, 2.05) is 0 Å². The summed E-state index contributed by atoms with van der Waals surface area (Å²) in [5, 5.41) is 5.31. The second-order valence-electron chi connectivity index (χ2n) is 4.56. The predicted octanol–water partition coefficient (Wildman–Crippen LogP) is -0.0129. The van der Waals surface area contributed by atoms with Gasteiger partial charge in [0, 0.05) is 6.54 Å². The third-order valence-electron chi connectivity index (χ3n) is 3.38. The molecule has 17 heavy (non-hydrogen) atoms. The molecule has 1 saturated carbocycles. The fourth-order valence-corrected chi connectivity index (χ4v) is 2.53. The molecule has 2 rings (SSSR count). The average molecular weight is 239 g/mol. The fraction of sp³-hybridized carbons (Fsp3) is 0.727. The molecule has 0 radical (unpaired) electrons. The fourth-order valence-electron chi connectivity index (χ4n) is 2.53. The minimum absolute atomic E-state index is 0.180. The van der Waals surface area contributed by atoms with Crippen molar-refractivity contribution < 1.29 is 14.4 Å². The monoisotopic (exact) mass is 239 g/mol. The highest BCUT2D eigenvalue weighted by Gasteiger charge is 2.52. The van der Waals surface area contributed by atoms with Crippen LogP contribution in [0.5, 0.6) is 0 Å². The molecule has 94 valence electrons. The summed E-state index contributed by atoms with van der Waals surface area (Å²) in [5.74, 6) is -0.544. The highest BCUT2D eigenvalue weighted by atomic mass is 16.2. The van der Waals surface area contributed by atoms with Crippen molar-refractivity contribution in [3.8, 4) is 0 Å². The second kappa shape index (κ2) is 4.35. The molecule has 2 fully saturated rings. The lowest BCUT2D eigenvalue weighted by Gasteiger charge is -2.19. The first-order valence-corrected chi connectivity index (χ1v) is 6.00. The van der Waals surface area contributed by atoms with Gasteiger partial charge >= 0.3 is 6.03 Å². The van der Waals surface area contributed by atoms with Gasteiger partial charge in [-0.2, -0.15) is 0 Å². The molecular weight excluding hydrogens is 222 g/mol. The number of carbonyl (C=O) groups is 3. The van der Waals surface area contributed by atoms with Gasteiger partial charge in [0.05, 0.1) is 0 Å². The third kappa shape index (κ3) is 1.99. The Labute approximate surface area is 99.7 Å². The van der Waals surface area contributed by atoms with Gasteiger partial charge in [-0.15, -0.1) is 0 Å². The maximum Gasteiger partial charge on any atom is 0.325 e. The van der Waals surface area contributed by atoms with E-state index < -0.39 is 11.6 Å². The summed E-state index contributed by atoms with van der Waals surface area (Å²) in [7, 11) is 0. The van der Waals surface area contributed by atoms with E-state index in [1.165, 1.54) is 0 Å². The number of nitrogens with zero attached hydrogens (tertiary/aromatic N) is 1. The van der Waals surface area contributed by atoms with E-state index in [1.54, 1.807) is 6.92 Å². The number of imide groups is 1. The number of hydrogen-bond donors (Lipinski definition) is 2. The van der Waals surface area contributed by atoms with Crippen molar-refractivity contribution >= 4 is 17.8 Å². The van der Waals surface area contributed by atoms with E-state index in [-0.39, 0.29) is 18.4 Å². The Hall–Kier alpha value is -1.59. The zero-order valence-corrected chi connectivity index (χ0v) is 9.91. The van der Waals surface area contributed by atoms with Crippen LogP contribution in [0.25, 0.3) is 0 Å². The molecule has 2 N–H and O–H groups in total. The Morgan fingerprint density at radius 3 is 2.65 bits per heavy atom. The molecule has 4 amide bonds. The first kappa shape index (κ1) is 11.9. The van der Waals surface area contributed by atoms with Crippen LogP contribution in [0.4, 0.5) is 4.79 Å². The topological polar surface area (TPSA) is 78.5 Å². The number of hydrogen-bond acceptors (Lipinski definition) is 3. The van der Waals surface area contributed by atoms with Gasteiger partial charge in [0.15, 0.2) is 0 Å². The van der Waals surface area contributed by atoms with E-state index in [0.717, 1.165) is 17.7 Å². The minimum atomic E-state index is -0.719. The molecule has 1 aliphatic heterocycles. The van der Waals surface area contributed by atoms with Crippen molar-refractivity contribution in [1.82, 2.24) is 15.5 Å². The van der Waals surface area contributed by atoms with Crippen LogP contribution in [-0.4, -0.2) is 41.4 Å². The summed E-state index contributed by atoms with van der Waals surface area (Å²) in [6, 6.07) is -0.442. The van der Waals surface area contributed by atoms with Crippen LogP contribution in [-0.2, 0) is 9.59 Å². The summed E-state index contributed by atoms with van der Waals surface area (Å²) in [5.41, 5.74) is -0.719. The number of rotatable bonds is 3. The van der Waals surface area contributed by atoms with Crippen LogP contribution in [0.15, 0.2) is 0 Å². The second-order valence-corrected chi connectivity index (χ2v) is 4.56. The highest BCUT2D eigenvalue weighted by Crippen LogP contribution is 2.34. The van der Waals surface area contributed by atoms with E-state index in [0.29, 0.717) is 19.4 Å². The lowest BCUT2D eigenvalue weighted by atomic mass is 9.98. The Morgan fingerprint density at radius 1 is 1.41 bits per heavy atom. The van der Waals surface area contributed by atoms with Crippen molar-refractivity contribution in [2.45, 2.75) is 38.1 Å².